The molecule has 3 aromatic heterocycles. The van der Waals surface area contributed by atoms with Crippen molar-refractivity contribution >= 4 is 11.7 Å². The van der Waals surface area contributed by atoms with Crippen molar-refractivity contribution in [1.29, 1.82) is 0 Å². The smallest absolute Gasteiger partial charge is 0.225 e. The van der Waals surface area contributed by atoms with E-state index in [4.69, 9.17) is 9.26 Å². The minimum atomic E-state index is -0.0551. The summed E-state index contributed by atoms with van der Waals surface area (Å²) in [7, 11) is 0. The molecule has 2 N–H and O–H groups in total. The van der Waals surface area contributed by atoms with Crippen LogP contribution in [0.25, 0.3) is 11.5 Å². The highest BCUT2D eigenvalue weighted by atomic mass is 16.5. The standard InChI is InChI=1S/C14H12N6O3.C7H16/c21-11-2-1-9-12(19-11)17-7-18-14(9)22-6-8-5-10(20-23-8)13-15-3-4-16-13;1-3-5-7-6-4-2/h3-5,7H,1-2,6H2,(H,15,16)(H,17,18,19,21);3-7H2,1-2H3. The van der Waals surface area contributed by atoms with E-state index in [1.54, 1.807) is 18.5 Å². The highest BCUT2D eigenvalue weighted by molar-refractivity contribution is 5.93. The maximum atomic E-state index is 11.4. The zero-order valence-electron chi connectivity index (χ0n) is 17.5. The summed E-state index contributed by atoms with van der Waals surface area (Å²) in [6, 6.07) is 1.74. The Morgan fingerprint density at radius 2 is 1.93 bits per heavy atom. The van der Waals surface area contributed by atoms with Gasteiger partial charge in [0.1, 0.15) is 17.8 Å². The number of imidazole rings is 1. The van der Waals surface area contributed by atoms with Gasteiger partial charge in [-0.2, -0.15) is 0 Å². The monoisotopic (exact) mass is 412 g/mol. The molecule has 3 aromatic rings. The Morgan fingerprint density at radius 1 is 1.10 bits per heavy atom. The number of hydrogen-bond donors (Lipinski definition) is 2. The molecule has 1 amide bonds. The van der Waals surface area contributed by atoms with Crippen molar-refractivity contribution in [2.24, 2.45) is 0 Å². The molecule has 1 aliphatic rings. The summed E-state index contributed by atoms with van der Waals surface area (Å²) in [5, 5.41) is 6.63. The van der Waals surface area contributed by atoms with Gasteiger partial charge in [-0.05, 0) is 6.42 Å². The van der Waals surface area contributed by atoms with Crippen LogP contribution in [0, 0.1) is 0 Å². The van der Waals surface area contributed by atoms with E-state index in [1.807, 2.05) is 0 Å². The number of aromatic nitrogens is 5. The molecular weight excluding hydrogens is 384 g/mol. The zero-order valence-corrected chi connectivity index (χ0v) is 17.5. The molecule has 160 valence electrons. The van der Waals surface area contributed by atoms with Crippen molar-refractivity contribution in [3.8, 4) is 17.4 Å². The second kappa shape index (κ2) is 11.1. The van der Waals surface area contributed by atoms with Crippen molar-refractivity contribution in [2.45, 2.75) is 65.4 Å². The van der Waals surface area contributed by atoms with Crippen molar-refractivity contribution in [2.75, 3.05) is 5.32 Å². The Labute approximate surface area is 175 Å². The first kappa shape index (κ1) is 21.5. The topological polar surface area (TPSA) is 119 Å². The molecule has 4 heterocycles. The van der Waals surface area contributed by atoms with Gasteiger partial charge in [-0.25, -0.2) is 15.0 Å². The fraction of sp³-hybridized carbons (Fsp3) is 0.476. The fourth-order valence-corrected chi connectivity index (χ4v) is 3.00. The second-order valence-electron chi connectivity index (χ2n) is 7.02. The summed E-state index contributed by atoms with van der Waals surface area (Å²) in [5.41, 5.74) is 1.39. The van der Waals surface area contributed by atoms with Crippen LogP contribution < -0.4 is 10.1 Å². The number of carbonyl (C=O) groups is 1. The first-order valence-corrected chi connectivity index (χ1v) is 10.4. The highest BCUT2D eigenvalue weighted by Crippen LogP contribution is 2.27. The Morgan fingerprint density at radius 3 is 2.67 bits per heavy atom. The van der Waals surface area contributed by atoms with Gasteiger partial charge in [0.2, 0.25) is 11.8 Å². The number of nitrogens with one attached hydrogen (secondary N) is 2. The molecule has 0 radical (unpaired) electrons. The first-order valence-electron chi connectivity index (χ1n) is 10.4. The minimum Gasteiger partial charge on any atom is -0.469 e. The predicted octanol–water partition coefficient (Wildman–Crippen LogP) is 4.30. The third-order valence-electron chi connectivity index (χ3n) is 4.62. The van der Waals surface area contributed by atoms with E-state index in [-0.39, 0.29) is 12.5 Å². The molecule has 0 saturated carbocycles. The number of rotatable bonds is 8. The van der Waals surface area contributed by atoms with Crippen molar-refractivity contribution in [3.63, 3.8) is 0 Å². The van der Waals surface area contributed by atoms with Crippen LogP contribution in [0.2, 0.25) is 0 Å². The van der Waals surface area contributed by atoms with E-state index in [0.717, 1.165) is 5.56 Å². The molecule has 4 rings (SSSR count). The number of hydrogen-bond acceptors (Lipinski definition) is 7. The predicted molar refractivity (Wildman–Crippen MR) is 112 cm³/mol. The van der Waals surface area contributed by atoms with Crippen molar-refractivity contribution in [3.05, 3.63) is 36.1 Å². The van der Waals surface area contributed by atoms with Crippen LogP contribution in [-0.2, 0) is 17.8 Å². The van der Waals surface area contributed by atoms with Crippen LogP contribution in [0.5, 0.6) is 5.88 Å². The van der Waals surface area contributed by atoms with Gasteiger partial charge in [-0.3, -0.25) is 4.79 Å². The highest BCUT2D eigenvalue weighted by Gasteiger charge is 2.21. The molecule has 0 fully saturated rings. The summed E-state index contributed by atoms with van der Waals surface area (Å²) in [6.07, 6.45) is 12.7. The minimum absolute atomic E-state index is 0.0551. The number of carbonyl (C=O) groups excluding carboxylic acids is 1. The molecule has 0 atom stereocenters. The molecule has 0 saturated heterocycles. The average Bonchev–Trinajstić information content (AvgIpc) is 3.45. The van der Waals surface area contributed by atoms with Crippen LogP contribution in [0.4, 0.5) is 5.82 Å². The average molecular weight is 412 g/mol. The molecule has 0 bridgehead atoms. The van der Waals surface area contributed by atoms with Crippen LogP contribution in [0.3, 0.4) is 0 Å². The van der Waals surface area contributed by atoms with Gasteiger partial charge < -0.3 is 19.6 Å². The molecule has 0 unspecified atom stereocenters. The molecule has 30 heavy (non-hydrogen) atoms. The van der Waals surface area contributed by atoms with Gasteiger partial charge in [-0.1, -0.05) is 51.1 Å². The van der Waals surface area contributed by atoms with Gasteiger partial charge in [0.15, 0.2) is 18.2 Å². The molecule has 1 aliphatic heterocycles. The largest absolute Gasteiger partial charge is 0.469 e. The molecule has 0 aromatic carbocycles. The lowest BCUT2D eigenvalue weighted by Gasteiger charge is -2.17. The summed E-state index contributed by atoms with van der Waals surface area (Å²) < 4.78 is 10.9. The molecule has 0 aliphatic carbocycles. The van der Waals surface area contributed by atoms with Gasteiger partial charge in [-0.15, -0.1) is 0 Å². The van der Waals surface area contributed by atoms with Crippen LogP contribution >= 0.6 is 0 Å². The number of unbranched alkanes of at least 4 members (excludes halogenated alkanes) is 4. The zero-order chi connectivity index (χ0) is 21.2. The third kappa shape index (κ3) is 5.88. The Balaban J connectivity index is 0.000000318. The van der Waals surface area contributed by atoms with Gasteiger partial charge in [0.25, 0.3) is 0 Å². The Bertz CT molecular complexity index is 919. The SMILES string of the molecule is CCCCCCC.O=C1CCc2c(ncnc2OCc2cc(-c3ncc[nH]3)no2)N1. The van der Waals surface area contributed by atoms with Crippen LogP contribution in [0.1, 0.15) is 63.7 Å². The van der Waals surface area contributed by atoms with E-state index >= 15 is 0 Å². The van der Waals surface area contributed by atoms with Crippen LogP contribution in [0.15, 0.2) is 29.3 Å². The summed E-state index contributed by atoms with van der Waals surface area (Å²) in [6.45, 7) is 4.66. The van der Waals surface area contributed by atoms with E-state index < -0.39 is 0 Å². The van der Waals surface area contributed by atoms with Gasteiger partial charge >= 0.3 is 0 Å². The molecular formula is C21H28N6O3. The number of anilines is 1. The fourth-order valence-electron chi connectivity index (χ4n) is 3.00. The maximum Gasteiger partial charge on any atom is 0.225 e. The van der Waals surface area contributed by atoms with Gasteiger partial charge in [0, 0.05) is 24.9 Å². The van der Waals surface area contributed by atoms with Crippen molar-refractivity contribution in [1.82, 2.24) is 25.1 Å². The Kier molecular flexibility index (Phi) is 7.94. The van der Waals surface area contributed by atoms with Crippen molar-refractivity contribution < 1.29 is 14.1 Å². The normalized spacial score (nSPS) is 12.5. The van der Waals surface area contributed by atoms with E-state index in [2.05, 4.69) is 44.3 Å². The quantitative estimate of drug-likeness (QED) is 0.530. The number of aromatic amines is 1. The number of fused-ring (bicyclic) bond motifs is 1. The van der Waals surface area contributed by atoms with E-state index in [1.165, 1.54) is 38.4 Å². The summed E-state index contributed by atoms with van der Waals surface area (Å²) >= 11 is 0. The lowest BCUT2D eigenvalue weighted by Crippen LogP contribution is -2.21. The van der Waals surface area contributed by atoms with Gasteiger partial charge in [0.05, 0.1) is 5.56 Å². The second-order valence-corrected chi connectivity index (χ2v) is 7.02. The first-order chi connectivity index (χ1) is 14.7. The number of amides is 1. The lowest BCUT2D eigenvalue weighted by molar-refractivity contribution is -0.116. The molecule has 0 spiro atoms. The molecule has 9 nitrogen and oxygen atoms in total. The Hall–Kier alpha value is -3.23. The third-order valence-corrected chi connectivity index (χ3v) is 4.62. The number of ether oxygens (including phenoxy) is 1. The summed E-state index contributed by atoms with van der Waals surface area (Å²) in [5.74, 6) is 2.05. The maximum absolute atomic E-state index is 11.4. The summed E-state index contributed by atoms with van der Waals surface area (Å²) in [4.78, 5) is 26.6. The van der Waals surface area contributed by atoms with E-state index in [9.17, 15) is 4.79 Å². The van der Waals surface area contributed by atoms with E-state index in [0.29, 0.717) is 41.8 Å². The lowest BCUT2D eigenvalue weighted by atomic mass is 10.1. The number of H-pyrrole nitrogens is 1. The van der Waals surface area contributed by atoms with Crippen LogP contribution in [-0.4, -0.2) is 31.0 Å². The number of nitrogens with zero attached hydrogens (tertiary/aromatic N) is 4. The molecule has 9 heteroatoms.